The predicted molar refractivity (Wildman–Crippen MR) is 48.9 cm³/mol. The molecule has 0 unspecified atom stereocenters. The SMILES string of the molecule is Clc1ccncc1.[C-]#[O+].[C-]#[O+].[C-]#[O+].[C-]#[O+].[C-]#[O+].[Cr]. The Kier molecular flexibility index (Phi) is 151. The molecule has 6 nitrogen and oxygen atoms in total. The van der Waals surface area contributed by atoms with E-state index >= 15 is 0 Å². The maximum absolute atomic E-state index is 7.50. The van der Waals surface area contributed by atoms with E-state index in [1.807, 2.05) is 0 Å². The average Bonchev–Trinajstić information content (AvgIpc) is 2.50. The molecule has 0 saturated heterocycles. The van der Waals surface area contributed by atoms with E-state index in [1.54, 1.807) is 24.5 Å². The van der Waals surface area contributed by atoms with Crippen LogP contribution in [0.2, 0.25) is 5.02 Å². The van der Waals surface area contributed by atoms with Gasteiger partial charge in [-0.25, -0.2) is 0 Å². The molecular formula is C10H4ClCrNO5. The first kappa shape index (κ1) is 36.0. The topological polar surface area (TPSA) is 112 Å². The molecule has 0 fully saturated rings. The van der Waals surface area contributed by atoms with Gasteiger partial charge >= 0.3 is 56.5 Å². The molecule has 0 amide bonds. The normalized spacial score (nSPS) is 3.94. The van der Waals surface area contributed by atoms with E-state index in [4.69, 9.17) is 34.9 Å². The van der Waals surface area contributed by atoms with Crippen LogP contribution in [-0.2, 0) is 40.6 Å². The molecule has 0 aliphatic rings. The number of pyridine rings is 1. The van der Waals surface area contributed by atoms with Gasteiger partial charge in [-0.2, -0.15) is 0 Å². The van der Waals surface area contributed by atoms with Crippen molar-refractivity contribution < 1.29 is 40.6 Å². The number of nitrogens with zero attached hydrogens (tertiary/aromatic N) is 1. The van der Waals surface area contributed by atoms with Crippen molar-refractivity contribution >= 4 is 11.6 Å². The molecule has 0 bridgehead atoms. The molecule has 0 spiro atoms. The van der Waals surface area contributed by atoms with Gasteiger partial charge in [-0.3, -0.25) is 4.98 Å². The van der Waals surface area contributed by atoms with Crippen molar-refractivity contribution in [2.75, 3.05) is 0 Å². The maximum Gasteiger partial charge on any atom is 0 e. The zero-order valence-corrected chi connectivity index (χ0v) is 10.6. The van der Waals surface area contributed by atoms with E-state index < -0.39 is 0 Å². The Balaban J connectivity index is -0.0000000285. The second-order valence-corrected chi connectivity index (χ2v) is 1.60. The molecule has 0 radical (unpaired) electrons. The van der Waals surface area contributed by atoms with Gasteiger partial charge in [0.05, 0.1) is 0 Å². The van der Waals surface area contributed by atoms with Gasteiger partial charge in [0.15, 0.2) is 0 Å². The summed E-state index contributed by atoms with van der Waals surface area (Å²) in [4.78, 5) is 3.76. The Morgan fingerprint density at radius 2 is 0.944 bits per heavy atom. The molecule has 1 heterocycles. The van der Waals surface area contributed by atoms with Crippen LogP contribution < -0.4 is 0 Å². The van der Waals surface area contributed by atoms with Gasteiger partial charge < -0.3 is 0 Å². The Morgan fingerprint density at radius 3 is 1.06 bits per heavy atom. The summed E-state index contributed by atoms with van der Waals surface area (Å²) in [6, 6.07) is 3.48. The Bertz CT molecular complexity index is 286. The summed E-state index contributed by atoms with van der Waals surface area (Å²) >= 11 is 5.50. The third kappa shape index (κ3) is 61.6. The maximum atomic E-state index is 7.50. The quantitative estimate of drug-likeness (QED) is 0.525. The molecule has 1 rings (SSSR count). The molecule has 1 aromatic heterocycles. The van der Waals surface area contributed by atoms with Crippen LogP contribution in [0.3, 0.4) is 0 Å². The minimum absolute atomic E-state index is 0. The zero-order chi connectivity index (χ0) is 15.1. The van der Waals surface area contributed by atoms with E-state index in [2.05, 4.69) is 38.2 Å². The van der Waals surface area contributed by atoms with Crippen molar-refractivity contribution in [1.29, 1.82) is 0 Å². The molecular weight excluding hydrogens is 302 g/mol. The standard InChI is InChI=1S/C5H4ClN.5CO.Cr/c6-5-1-3-7-4-2-5;5*1-2;/h1-4H;;;;;;. The van der Waals surface area contributed by atoms with Crippen LogP contribution in [0.15, 0.2) is 24.5 Å². The second kappa shape index (κ2) is 75.8. The van der Waals surface area contributed by atoms with E-state index in [9.17, 15) is 0 Å². The third-order valence-electron chi connectivity index (χ3n) is 0.640. The van der Waals surface area contributed by atoms with Gasteiger partial charge in [0.2, 0.25) is 0 Å². The average molecular weight is 306 g/mol. The number of halogens is 1. The van der Waals surface area contributed by atoms with Gasteiger partial charge in [0.25, 0.3) is 0 Å². The molecule has 0 aliphatic carbocycles. The summed E-state index contributed by atoms with van der Waals surface area (Å²) < 4.78 is 37.5. The first-order valence-corrected chi connectivity index (χ1v) is 3.35. The molecule has 0 aromatic carbocycles. The van der Waals surface area contributed by atoms with Crippen LogP contribution in [-0.4, -0.2) is 4.98 Å². The van der Waals surface area contributed by atoms with Crippen molar-refractivity contribution in [1.82, 2.24) is 4.98 Å². The number of rotatable bonds is 0. The van der Waals surface area contributed by atoms with Crippen LogP contribution in [0.1, 0.15) is 0 Å². The summed E-state index contributed by atoms with van der Waals surface area (Å²) in [6.45, 7) is 22.5. The molecule has 0 saturated carbocycles. The van der Waals surface area contributed by atoms with Crippen LogP contribution >= 0.6 is 11.6 Å². The van der Waals surface area contributed by atoms with Crippen molar-refractivity contribution in [2.45, 2.75) is 0 Å². The fraction of sp³-hybridized carbons (Fsp3) is 0. The van der Waals surface area contributed by atoms with Gasteiger partial charge in [0.1, 0.15) is 0 Å². The van der Waals surface area contributed by atoms with Crippen LogP contribution in [0.5, 0.6) is 0 Å². The summed E-state index contributed by atoms with van der Waals surface area (Å²) in [6.07, 6.45) is 3.31. The molecule has 0 N–H and O–H groups in total. The van der Waals surface area contributed by atoms with Gasteiger partial charge in [0, 0.05) is 34.8 Å². The summed E-state index contributed by atoms with van der Waals surface area (Å²) in [7, 11) is 0. The Labute approximate surface area is 120 Å². The second-order valence-electron chi connectivity index (χ2n) is 1.17. The van der Waals surface area contributed by atoms with E-state index in [0.717, 1.165) is 5.02 Å². The fourth-order valence-electron chi connectivity index (χ4n) is 0.334. The molecule has 1 aromatic rings. The predicted octanol–water partition coefficient (Wildman–Crippen LogP) is 1.54. The molecule has 92 valence electrons. The Morgan fingerprint density at radius 1 is 0.722 bits per heavy atom. The minimum Gasteiger partial charge on any atom is 0 e. The summed E-state index contributed by atoms with van der Waals surface area (Å²) in [5.74, 6) is 0. The van der Waals surface area contributed by atoms with Crippen molar-refractivity contribution in [3.63, 3.8) is 0 Å². The molecule has 0 atom stereocenters. The first-order chi connectivity index (χ1) is 8.39. The van der Waals surface area contributed by atoms with Gasteiger partial charge in [-0.15, -0.1) is 0 Å². The minimum atomic E-state index is 0. The smallest absolute Gasteiger partial charge is 0 e. The summed E-state index contributed by atoms with van der Waals surface area (Å²) in [5, 5.41) is 0.731. The largest absolute Gasteiger partial charge is 0 e. The van der Waals surface area contributed by atoms with Crippen molar-refractivity contribution in [2.24, 2.45) is 0 Å². The number of hydrogen-bond acceptors (Lipinski definition) is 1. The molecule has 8 heteroatoms. The van der Waals surface area contributed by atoms with Gasteiger partial charge in [-0.1, -0.05) is 11.6 Å². The Hall–Kier alpha value is -1.33. The van der Waals surface area contributed by atoms with Crippen molar-refractivity contribution in [3.8, 4) is 0 Å². The van der Waals surface area contributed by atoms with Crippen molar-refractivity contribution in [3.05, 3.63) is 62.8 Å². The van der Waals surface area contributed by atoms with Crippen LogP contribution in [0, 0.1) is 33.3 Å². The zero-order valence-electron chi connectivity index (χ0n) is 8.58. The summed E-state index contributed by atoms with van der Waals surface area (Å²) in [5.41, 5.74) is 0. The van der Waals surface area contributed by atoms with E-state index in [0.29, 0.717) is 0 Å². The first-order valence-electron chi connectivity index (χ1n) is 2.97. The monoisotopic (exact) mass is 305 g/mol. The molecule has 18 heavy (non-hydrogen) atoms. The molecule has 0 aliphatic heterocycles. The van der Waals surface area contributed by atoms with E-state index in [-0.39, 0.29) is 17.4 Å². The van der Waals surface area contributed by atoms with Gasteiger partial charge in [-0.05, 0) is 12.1 Å². The number of hydrogen-bond donors (Lipinski definition) is 0. The fourth-order valence-corrected chi connectivity index (χ4v) is 0.446. The number of aromatic nitrogens is 1. The van der Waals surface area contributed by atoms with Crippen LogP contribution in [0.4, 0.5) is 0 Å². The van der Waals surface area contributed by atoms with Crippen LogP contribution in [0.25, 0.3) is 0 Å². The third-order valence-corrected chi connectivity index (χ3v) is 0.892. The van der Waals surface area contributed by atoms with E-state index in [1.165, 1.54) is 0 Å².